The van der Waals surface area contributed by atoms with Crippen LogP contribution in [-0.4, -0.2) is 31.8 Å². The van der Waals surface area contributed by atoms with Crippen molar-refractivity contribution in [2.75, 3.05) is 20.6 Å². The third-order valence-corrected chi connectivity index (χ3v) is 1.43. The summed E-state index contributed by atoms with van der Waals surface area (Å²) in [7, 11) is 4.14. The van der Waals surface area contributed by atoms with Crippen LogP contribution in [0.4, 0.5) is 0 Å². The Hall–Kier alpha value is 1.27. The van der Waals surface area contributed by atoms with Crippen molar-refractivity contribution in [2.45, 2.75) is 25.7 Å². The van der Waals surface area contributed by atoms with Crippen LogP contribution in [0.25, 0.3) is 0 Å². The standard InChI is InChI=1S/C8H17NO.K.H/c1-9(2)7-5-3-4-6-8-10;;/h8H,3-7H2,1-2H3;;/q;+1;-1. The summed E-state index contributed by atoms with van der Waals surface area (Å²) in [4.78, 5) is 12.1. The Bertz CT molecular complexity index is 91.1. The van der Waals surface area contributed by atoms with Gasteiger partial charge in [0.25, 0.3) is 0 Å². The second kappa shape index (κ2) is 11.3. The number of rotatable bonds is 6. The fraction of sp³-hybridized carbons (Fsp3) is 0.875. The molecule has 0 aliphatic carbocycles. The molecule has 3 heteroatoms. The van der Waals surface area contributed by atoms with Gasteiger partial charge in [-0.15, -0.1) is 0 Å². The van der Waals surface area contributed by atoms with Gasteiger partial charge in [0.05, 0.1) is 0 Å². The number of hydrogen-bond acceptors (Lipinski definition) is 2. The molecule has 0 spiro atoms. The third kappa shape index (κ3) is 14.2. The number of nitrogens with zero attached hydrogens (tertiary/aromatic N) is 1. The zero-order valence-corrected chi connectivity index (χ0v) is 11.1. The molecule has 0 bridgehead atoms. The Labute approximate surface area is 114 Å². The smallest absolute Gasteiger partial charge is 1.00 e. The molecule has 0 aliphatic rings. The minimum Gasteiger partial charge on any atom is -1.00 e. The van der Waals surface area contributed by atoms with Gasteiger partial charge in [-0.1, -0.05) is 6.42 Å². The van der Waals surface area contributed by atoms with Gasteiger partial charge < -0.3 is 11.1 Å². The van der Waals surface area contributed by atoms with E-state index in [1.165, 1.54) is 12.8 Å². The van der Waals surface area contributed by atoms with Crippen LogP contribution in [-0.2, 0) is 4.79 Å². The molecule has 0 saturated heterocycles. The molecular formula is C8H18KNO. The first kappa shape index (κ1) is 14.8. The molecule has 0 aromatic carbocycles. The number of carbonyl (C=O) groups excluding carboxylic acids is 1. The summed E-state index contributed by atoms with van der Waals surface area (Å²) in [6.45, 7) is 1.14. The van der Waals surface area contributed by atoms with E-state index in [0.717, 1.165) is 25.7 Å². The van der Waals surface area contributed by atoms with E-state index in [9.17, 15) is 4.79 Å². The van der Waals surface area contributed by atoms with Crippen LogP contribution in [0, 0.1) is 0 Å². The molecular weight excluding hydrogens is 165 g/mol. The van der Waals surface area contributed by atoms with Gasteiger partial charge in [0.2, 0.25) is 0 Å². The van der Waals surface area contributed by atoms with Gasteiger partial charge in [0, 0.05) is 6.42 Å². The number of carbonyl (C=O) groups is 1. The van der Waals surface area contributed by atoms with Crippen molar-refractivity contribution in [3.8, 4) is 0 Å². The normalized spacial score (nSPS) is 9.36. The molecule has 0 fully saturated rings. The molecule has 0 heterocycles. The van der Waals surface area contributed by atoms with Crippen LogP contribution in [0.2, 0.25) is 0 Å². The maximum atomic E-state index is 9.89. The Kier molecular flexibility index (Phi) is 15.1. The number of unbranched alkanes of at least 4 members (excludes halogenated alkanes) is 3. The van der Waals surface area contributed by atoms with Crippen molar-refractivity contribution in [1.29, 1.82) is 0 Å². The molecule has 0 N–H and O–H groups in total. The van der Waals surface area contributed by atoms with Gasteiger partial charge in [-0.25, -0.2) is 0 Å². The summed E-state index contributed by atoms with van der Waals surface area (Å²) in [5.74, 6) is 0. The van der Waals surface area contributed by atoms with Gasteiger partial charge >= 0.3 is 51.4 Å². The Morgan fingerprint density at radius 1 is 1.27 bits per heavy atom. The molecule has 11 heavy (non-hydrogen) atoms. The predicted octanol–water partition coefficient (Wildman–Crippen LogP) is -1.58. The van der Waals surface area contributed by atoms with Crippen molar-refractivity contribution in [3.05, 3.63) is 0 Å². The molecule has 0 atom stereocenters. The monoisotopic (exact) mass is 183 g/mol. The van der Waals surface area contributed by atoms with Gasteiger partial charge in [-0.05, 0) is 33.5 Å². The molecule has 0 unspecified atom stereocenters. The topological polar surface area (TPSA) is 20.3 Å². The van der Waals surface area contributed by atoms with E-state index in [-0.39, 0.29) is 52.8 Å². The van der Waals surface area contributed by atoms with Crippen molar-refractivity contribution in [3.63, 3.8) is 0 Å². The van der Waals surface area contributed by atoms with Crippen molar-refractivity contribution >= 4 is 6.29 Å². The first-order valence-corrected chi connectivity index (χ1v) is 3.85. The minimum absolute atomic E-state index is 0. The molecule has 0 aliphatic heterocycles. The van der Waals surface area contributed by atoms with Crippen LogP contribution in [0.5, 0.6) is 0 Å². The average molecular weight is 183 g/mol. The molecule has 0 rings (SSSR count). The minimum atomic E-state index is 0. The largest absolute Gasteiger partial charge is 1.00 e. The van der Waals surface area contributed by atoms with Gasteiger partial charge in [0.1, 0.15) is 6.29 Å². The summed E-state index contributed by atoms with van der Waals surface area (Å²) in [5.41, 5.74) is 0. The molecule has 0 aromatic rings. The molecule has 0 saturated carbocycles. The molecule has 2 nitrogen and oxygen atoms in total. The Balaban J connectivity index is -0.000000405. The van der Waals surface area contributed by atoms with Crippen LogP contribution in [0.1, 0.15) is 27.1 Å². The summed E-state index contributed by atoms with van der Waals surface area (Å²) < 4.78 is 0. The molecule has 0 aromatic heterocycles. The van der Waals surface area contributed by atoms with E-state index in [4.69, 9.17) is 0 Å². The number of hydrogen-bond donors (Lipinski definition) is 0. The summed E-state index contributed by atoms with van der Waals surface area (Å²) in [6, 6.07) is 0. The van der Waals surface area contributed by atoms with E-state index in [1.807, 2.05) is 0 Å². The van der Waals surface area contributed by atoms with Gasteiger partial charge in [0.15, 0.2) is 0 Å². The molecule has 62 valence electrons. The van der Waals surface area contributed by atoms with E-state index in [2.05, 4.69) is 19.0 Å². The van der Waals surface area contributed by atoms with Crippen molar-refractivity contribution < 1.29 is 57.6 Å². The fourth-order valence-electron chi connectivity index (χ4n) is 0.832. The first-order chi connectivity index (χ1) is 4.77. The van der Waals surface area contributed by atoms with Gasteiger partial charge in [-0.2, -0.15) is 0 Å². The first-order valence-electron chi connectivity index (χ1n) is 3.85. The van der Waals surface area contributed by atoms with E-state index < -0.39 is 0 Å². The second-order valence-electron chi connectivity index (χ2n) is 2.82. The maximum Gasteiger partial charge on any atom is 1.00 e. The zero-order valence-electron chi connectivity index (χ0n) is 8.97. The SMILES string of the molecule is CN(C)CCCCCC=O.[H-].[K+]. The third-order valence-electron chi connectivity index (χ3n) is 1.43. The van der Waals surface area contributed by atoms with Crippen LogP contribution in [0.3, 0.4) is 0 Å². The van der Waals surface area contributed by atoms with Gasteiger partial charge in [-0.3, -0.25) is 0 Å². The predicted molar refractivity (Wildman–Crippen MR) is 44.2 cm³/mol. The maximum absolute atomic E-state index is 9.89. The molecule has 0 radical (unpaired) electrons. The Morgan fingerprint density at radius 3 is 2.36 bits per heavy atom. The Morgan fingerprint density at radius 2 is 1.91 bits per heavy atom. The van der Waals surface area contributed by atoms with Crippen LogP contribution < -0.4 is 51.4 Å². The van der Waals surface area contributed by atoms with Crippen molar-refractivity contribution in [2.24, 2.45) is 0 Å². The molecule has 0 amide bonds. The zero-order chi connectivity index (χ0) is 7.82. The van der Waals surface area contributed by atoms with Crippen LogP contribution in [0.15, 0.2) is 0 Å². The van der Waals surface area contributed by atoms with E-state index in [0.29, 0.717) is 0 Å². The van der Waals surface area contributed by atoms with E-state index >= 15 is 0 Å². The van der Waals surface area contributed by atoms with Crippen molar-refractivity contribution in [1.82, 2.24) is 4.90 Å². The summed E-state index contributed by atoms with van der Waals surface area (Å²) in [5, 5.41) is 0. The summed E-state index contributed by atoms with van der Waals surface area (Å²) in [6.07, 6.45) is 5.16. The quantitative estimate of drug-likeness (QED) is 0.281. The second-order valence-corrected chi connectivity index (χ2v) is 2.82. The summed E-state index contributed by atoms with van der Waals surface area (Å²) >= 11 is 0. The fourth-order valence-corrected chi connectivity index (χ4v) is 0.832. The average Bonchev–Trinajstić information content (AvgIpc) is 1.87. The number of aldehydes is 1. The van der Waals surface area contributed by atoms with Crippen LogP contribution >= 0.6 is 0 Å². The van der Waals surface area contributed by atoms with E-state index in [1.54, 1.807) is 0 Å².